The zero-order valence-electron chi connectivity index (χ0n) is 11.5. The van der Waals surface area contributed by atoms with E-state index in [4.69, 9.17) is 4.74 Å². The summed E-state index contributed by atoms with van der Waals surface area (Å²) in [6, 6.07) is 9.43. The first-order valence-corrected chi connectivity index (χ1v) is 6.89. The lowest BCUT2D eigenvalue weighted by molar-refractivity contribution is -0.145. The highest BCUT2D eigenvalue weighted by Crippen LogP contribution is 2.21. The van der Waals surface area contributed by atoms with Crippen LogP contribution in [0.3, 0.4) is 0 Å². The first-order chi connectivity index (χ1) is 9.70. The molecule has 4 nitrogen and oxygen atoms in total. The third-order valence-electron chi connectivity index (χ3n) is 3.31. The molecule has 0 spiro atoms. The fourth-order valence-electron chi connectivity index (χ4n) is 2.27. The first-order valence-electron chi connectivity index (χ1n) is 6.89. The Morgan fingerprint density at radius 2 is 2.15 bits per heavy atom. The van der Waals surface area contributed by atoms with Gasteiger partial charge in [0.25, 0.3) is 0 Å². The molecule has 4 heteroatoms. The molecule has 2 atom stereocenters. The van der Waals surface area contributed by atoms with Gasteiger partial charge in [0, 0.05) is 5.92 Å². The van der Waals surface area contributed by atoms with Gasteiger partial charge >= 0.3 is 5.97 Å². The van der Waals surface area contributed by atoms with E-state index in [-0.39, 0.29) is 17.8 Å². The lowest BCUT2D eigenvalue weighted by Gasteiger charge is -2.07. The predicted molar refractivity (Wildman–Crippen MR) is 76.8 cm³/mol. The Morgan fingerprint density at radius 3 is 2.85 bits per heavy atom. The van der Waals surface area contributed by atoms with Gasteiger partial charge in [-0.15, -0.1) is 0 Å². The molecular formula is C16H19NO3. The average molecular weight is 273 g/mol. The van der Waals surface area contributed by atoms with E-state index in [0.717, 1.165) is 5.56 Å². The molecular weight excluding hydrogens is 254 g/mol. The Bertz CT molecular complexity index is 496. The molecule has 1 N–H and O–H groups in total. The van der Waals surface area contributed by atoms with E-state index in [9.17, 15) is 9.59 Å². The van der Waals surface area contributed by atoms with Gasteiger partial charge in [0.15, 0.2) is 0 Å². The number of benzene rings is 1. The minimum Gasteiger partial charge on any atom is -0.464 e. The Morgan fingerprint density at radius 1 is 1.40 bits per heavy atom. The maximum Gasteiger partial charge on any atom is 0.328 e. The van der Waals surface area contributed by atoms with E-state index in [2.05, 4.69) is 5.32 Å². The van der Waals surface area contributed by atoms with Crippen molar-refractivity contribution >= 4 is 18.0 Å². The summed E-state index contributed by atoms with van der Waals surface area (Å²) in [5.41, 5.74) is 1.10. The van der Waals surface area contributed by atoms with Crippen LogP contribution in [0, 0.1) is 5.92 Å². The first kappa shape index (κ1) is 14.3. The second-order valence-electron chi connectivity index (χ2n) is 4.79. The lowest BCUT2D eigenvalue weighted by atomic mass is 10.0. The molecule has 1 heterocycles. The zero-order valence-corrected chi connectivity index (χ0v) is 11.5. The van der Waals surface area contributed by atoms with Gasteiger partial charge in [-0.3, -0.25) is 4.79 Å². The quantitative estimate of drug-likeness (QED) is 0.836. The van der Waals surface area contributed by atoms with Crippen molar-refractivity contribution in [1.82, 2.24) is 5.32 Å². The summed E-state index contributed by atoms with van der Waals surface area (Å²) >= 11 is 0. The molecule has 2 rings (SSSR count). The van der Waals surface area contributed by atoms with Crippen LogP contribution in [0.1, 0.15) is 25.3 Å². The van der Waals surface area contributed by atoms with E-state index in [1.807, 2.05) is 42.5 Å². The second-order valence-corrected chi connectivity index (χ2v) is 4.79. The number of nitrogens with one attached hydrogen (secondary N) is 1. The van der Waals surface area contributed by atoms with Gasteiger partial charge in [0.05, 0.1) is 6.61 Å². The van der Waals surface area contributed by atoms with E-state index in [1.165, 1.54) is 0 Å². The largest absolute Gasteiger partial charge is 0.464 e. The molecule has 1 aliphatic rings. The van der Waals surface area contributed by atoms with Gasteiger partial charge in [0.2, 0.25) is 5.91 Å². The third kappa shape index (κ3) is 3.70. The van der Waals surface area contributed by atoms with Gasteiger partial charge in [0.1, 0.15) is 6.04 Å². The van der Waals surface area contributed by atoms with E-state index in [1.54, 1.807) is 6.92 Å². The molecule has 20 heavy (non-hydrogen) atoms. The van der Waals surface area contributed by atoms with Gasteiger partial charge in [-0.1, -0.05) is 42.5 Å². The Kier molecular flexibility index (Phi) is 4.93. The van der Waals surface area contributed by atoms with Gasteiger partial charge in [-0.2, -0.15) is 0 Å². The summed E-state index contributed by atoms with van der Waals surface area (Å²) in [4.78, 5) is 23.4. The number of ether oxygens (including phenoxy) is 1. The minimum absolute atomic E-state index is 0.0687. The fourth-order valence-corrected chi connectivity index (χ4v) is 2.27. The van der Waals surface area contributed by atoms with Crippen LogP contribution < -0.4 is 5.32 Å². The van der Waals surface area contributed by atoms with Crippen molar-refractivity contribution in [2.75, 3.05) is 6.61 Å². The smallest absolute Gasteiger partial charge is 0.328 e. The fraction of sp³-hybridized carbons (Fsp3) is 0.375. The molecule has 1 aromatic carbocycles. The van der Waals surface area contributed by atoms with Crippen molar-refractivity contribution < 1.29 is 14.3 Å². The average Bonchev–Trinajstić information content (AvgIpc) is 2.82. The summed E-state index contributed by atoms with van der Waals surface area (Å²) in [5, 5.41) is 2.69. The SMILES string of the molecule is CCOC(=O)[C@@H]1C[C@H](C/C=C/c2ccccc2)C(=O)N1. The molecule has 0 aliphatic carbocycles. The predicted octanol–water partition coefficient (Wildman–Crippen LogP) is 2.16. The molecule has 1 amide bonds. The summed E-state index contributed by atoms with van der Waals surface area (Å²) in [6.07, 6.45) is 5.12. The molecule has 1 aromatic rings. The maximum atomic E-state index is 11.8. The third-order valence-corrected chi connectivity index (χ3v) is 3.31. The Labute approximate surface area is 118 Å². The molecule has 1 fully saturated rings. The van der Waals surface area contributed by atoms with Crippen LogP contribution in [0.4, 0.5) is 0 Å². The van der Waals surface area contributed by atoms with Crippen LogP contribution in [0.2, 0.25) is 0 Å². The zero-order chi connectivity index (χ0) is 14.4. The summed E-state index contributed by atoms with van der Waals surface area (Å²) in [7, 11) is 0. The van der Waals surface area contributed by atoms with Crippen LogP contribution in [-0.2, 0) is 14.3 Å². The molecule has 0 unspecified atom stereocenters. The van der Waals surface area contributed by atoms with E-state index >= 15 is 0 Å². The topological polar surface area (TPSA) is 55.4 Å². The number of carbonyl (C=O) groups excluding carboxylic acids is 2. The molecule has 1 aliphatic heterocycles. The number of allylic oxidation sites excluding steroid dienone is 1. The van der Waals surface area contributed by atoms with Crippen LogP contribution >= 0.6 is 0 Å². The monoisotopic (exact) mass is 273 g/mol. The highest BCUT2D eigenvalue weighted by molar-refractivity contribution is 5.89. The minimum atomic E-state index is -0.488. The maximum absolute atomic E-state index is 11.8. The van der Waals surface area contributed by atoms with Crippen molar-refractivity contribution in [3.63, 3.8) is 0 Å². The number of hydrogen-bond donors (Lipinski definition) is 1. The highest BCUT2D eigenvalue weighted by atomic mass is 16.5. The molecule has 0 radical (unpaired) electrons. The number of amides is 1. The van der Waals surface area contributed by atoms with Crippen LogP contribution in [0.5, 0.6) is 0 Å². The molecule has 0 bridgehead atoms. The number of carbonyl (C=O) groups is 2. The lowest BCUT2D eigenvalue weighted by Crippen LogP contribution is -2.34. The molecule has 106 valence electrons. The van der Waals surface area contributed by atoms with E-state index < -0.39 is 6.04 Å². The van der Waals surface area contributed by atoms with Gasteiger partial charge in [-0.05, 0) is 25.3 Å². The Hall–Kier alpha value is -2.10. The Balaban J connectivity index is 1.86. The van der Waals surface area contributed by atoms with Crippen molar-refractivity contribution in [3.8, 4) is 0 Å². The molecule has 0 saturated carbocycles. The van der Waals surface area contributed by atoms with Crippen molar-refractivity contribution in [1.29, 1.82) is 0 Å². The van der Waals surface area contributed by atoms with Crippen LogP contribution in [-0.4, -0.2) is 24.5 Å². The number of hydrogen-bond acceptors (Lipinski definition) is 3. The molecule has 1 saturated heterocycles. The summed E-state index contributed by atoms with van der Waals surface area (Å²) in [5.74, 6) is -0.555. The second kappa shape index (κ2) is 6.89. The van der Waals surface area contributed by atoms with Crippen molar-refractivity contribution in [2.45, 2.75) is 25.8 Å². The van der Waals surface area contributed by atoms with E-state index in [0.29, 0.717) is 19.4 Å². The van der Waals surface area contributed by atoms with Crippen molar-refractivity contribution in [2.24, 2.45) is 5.92 Å². The summed E-state index contributed by atoms with van der Waals surface area (Å²) < 4.78 is 4.92. The normalized spacial score (nSPS) is 21.9. The highest BCUT2D eigenvalue weighted by Gasteiger charge is 2.35. The van der Waals surface area contributed by atoms with Gasteiger partial charge in [-0.25, -0.2) is 4.79 Å². The summed E-state index contributed by atoms with van der Waals surface area (Å²) in [6.45, 7) is 2.10. The molecule has 0 aromatic heterocycles. The number of esters is 1. The van der Waals surface area contributed by atoms with Crippen LogP contribution in [0.15, 0.2) is 36.4 Å². The van der Waals surface area contributed by atoms with Gasteiger partial charge < -0.3 is 10.1 Å². The van der Waals surface area contributed by atoms with Crippen LogP contribution in [0.25, 0.3) is 6.08 Å². The number of rotatable bonds is 5. The standard InChI is InChI=1S/C16H19NO3/c1-2-20-16(19)14-11-13(15(18)17-14)10-6-9-12-7-4-3-5-8-12/h3-9,13-14H,2,10-11H2,1H3,(H,17,18)/b9-6+/t13-,14-/m0/s1. The van der Waals surface area contributed by atoms with Crippen molar-refractivity contribution in [3.05, 3.63) is 42.0 Å².